The number of hydrogen-bond donors (Lipinski definition) is 1. The summed E-state index contributed by atoms with van der Waals surface area (Å²) in [6.07, 6.45) is 3.40. The maximum Gasteiger partial charge on any atom is 0.244 e. The zero-order valence-corrected chi connectivity index (χ0v) is 21.0. The summed E-state index contributed by atoms with van der Waals surface area (Å²) in [6.45, 7) is 11.1. The predicted molar refractivity (Wildman–Crippen MR) is 138 cm³/mol. The fourth-order valence-corrected chi connectivity index (χ4v) is 4.50. The van der Waals surface area contributed by atoms with E-state index in [1.165, 1.54) is 0 Å². The first-order chi connectivity index (χ1) is 17.0. The lowest BCUT2D eigenvalue weighted by Gasteiger charge is -2.26. The van der Waals surface area contributed by atoms with Gasteiger partial charge in [0.1, 0.15) is 17.1 Å². The smallest absolute Gasteiger partial charge is 0.244 e. The lowest BCUT2D eigenvalue weighted by Crippen LogP contribution is -2.41. The van der Waals surface area contributed by atoms with E-state index in [0.717, 1.165) is 83.1 Å². The van der Waals surface area contributed by atoms with E-state index in [1.54, 1.807) is 19.4 Å². The summed E-state index contributed by atoms with van der Waals surface area (Å²) in [4.78, 5) is 15.0. The molecule has 0 saturated carbocycles. The molecule has 186 valence electrons. The van der Waals surface area contributed by atoms with Crippen LogP contribution in [-0.4, -0.2) is 63.9 Å². The highest BCUT2D eigenvalue weighted by Gasteiger charge is 2.20. The van der Waals surface area contributed by atoms with Crippen LogP contribution in [0.3, 0.4) is 0 Å². The summed E-state index contributed by atoms with van der Waals surface area (Å²) < 4.78 is 23.0. The zero-order chi connectivity index (χ0) is 24.8. The molecule has 35 heavy (non-hydrogen) atoms. The van der Waals surface area contributed by atoms with E-state index in [-0.39, 0.29) is 5.91 Å². The van der Waals surface area contributed by atoms with E-state index in [4.69, 9.17) is 18.6 Å². The van der Waals surface area contributed by atoms with Crippen LogP contribution in [0.5, 0.6) is 11.5 Å². The highest BCUT2D eigenvalue weighted by atomic mass is 16.5. The van der Waals surface area contributed by atoms with Crippen LogP contribution in [-0.2, 0) is 9.53 Å². The maximum absolute atomic E-state index is 12.7. The highest BCUT2D eigenvalue weighted by Crippen LogP contribution is 2.42. The van der Waals surface area contributed by atoms with Gasteiger partial charge < -0.3 is 23.9 Å². The van der Waals surface area contributed by atoms with Gasteiger partial charge in [0.2, 0.25) is 5.91 Å². The first-order valence-corrected chi connectivity index (χ1v) is 12.1. The number of fused-ring (bicyclic) bond motifs is 1. The van der Waals surface area contributed by atoms with Crippen molar-refractivity contribution in [3.05, 3.63) is 53.8 Å². The van der Waals surface area contributed by atoms with E-state index in [1.807, 2.05) is 51.1 Å². The highest BCUT2D eigenvalue weighted by molar-refractivity contribution is 6.02. The van der Waals surface area contributed by atoms with E-state index in [2.05, 4.69) is 10.2 Å². The Morgan fingerprint density at radius 3 is 2.71 bits per heavy atom. The molecule has 1 amide bonds. The Labute approximate surface area is 206 Å². The van der Waals surface area contributed by atoms with Gasteiger partial charge in [0, 0.05) is 59.9 Å². The summed E-state index contributed by atoms with van der Waals surface area (Å²) in [6, 6.07) is 9.91. The van der Waals surface area contributed by atoms with Gasteiger partial charge in [0.05, 0.1) is 33.2 Å². The Bertz CT molecular complexity index is 1210. The molecule has 2 aromatic carbocycles. The average Bonchev–Trinajstić information content (AvgIpc) is 3.30. The fraction of sp³-hybridized carbons (Fsp3) is 0.393. The quantitative estimate of drug-likeness (QED) is 0.451. The first kappa shape index (κ1) is 24.8. The lowest BCUT2D eigenvalue weighted by molar-refractivity contribution is -0.116. The second-order valence-electron chi connectivity index (χ2n) is 8.61. The number of nitrogens with one attached hydrogen (secondary N) is 1. The normalized spacial score (nSPS) is 14.8. The Morgan fingerprint density at radius 1 is 1.20 bits per heavy atom. The van der Waals surface area contributed by atoms with Crippen molar-refractivity contribution in [3.8, 4) is 22.6 Å². The number of ether oxygens (including phenoxy) is 3. The molecule has 4 rings (SSSR count). The molecule has 1 N–H and O–H groups in total. The van der Waals surface area contributed by atoms with Gasteiger partial charge in [-0.25, -0.2) is 0 Å². The largest absolute Gasteiger partial charge is 0.496 e. The first-order valence-electron chi connectivity index (χ1n) is 12.1. The molecule has 0 bridgehead atoms. The monoisotopic (exact) mass is 478 g/mol. The maximum atomic E-state index is 12.7. The molecule has 1 aliphatic heterocycles. The number of rotatable bonds is 9. The Morgan fingerprint density at radius 2 is 1.97 bits per heavy atom. The zero-order valence-electron chi connectivity index (χ0n) is 21.0. The van der Waals surface area contributed by atoms with Gasteiger partial charge in [0.15, 0.2) is 0 Å². The summed E-state index contributed by atoms with van der Waals surface area (Å²) in [5, 5.41) is 3.96. The van der Waals surface area contributed by atoms with Gasteiger partial charge in [-0.3, -0.25) is 9.69 Å². The van der Waals surface area contributed by atoms with Crippen molar-refractivity contribution in [2.45, 2.75) is 20.8 Å². The third-order valence-electron chi connectivity index (χ3n) is 6.33. The van der Waals surface area contributed by atoms with Crippen molar-refractivity contribution in [3.63, 3.8) is 0 Å². The number of carbonyl (C=O) groups excluding carboxylic acids is 1. The van der Waals surface area contributed by atoms with Crippen LogP contribution < -0.4 is 14.8 Å². The van der Waals surface area contributed by atoms with Crippen LogP contribution in [0.15, 0.2) is 47.1 Å². The molecule has 0 radical (unpaired) electrons. The molecule has 2 heterocycles. The van der Waals surface area contributed by atoms with E-state index in [0.29, 0.717) is 13.2 Å². The molecule has 1 aromatic heterocycles. The third-order valence-corrected chi connectivity index (χ3v) is 6.33. The number of aryl methyl sites for hydroxylation is 1. The van der Waals surface area contributed by atoms with Crippen LogP contribution in [0.1, 0.15) is 25.0 Å². The molecular weight excluding hydrogens is 444 g/mol. The second-order valence-corrected chi connectivity index (χ2v) is 8.61. The number of furan rings is 1. The molecule has 0 unspecified atom stereocenters. The van der Waals surface area contributed by atoms with E-state index >= 15 is 0 Å². The van der Waals surface area contributed by atoms with Crippen LogP contribution in [0.4, 0.5) is 0 Å². The summed E-state index contributed by atoms with van der Waals surface area (Å²) in [5.41, 5.74) is 5.26. The summed E-state index contributed by atoms with van der Waals surface area (Å²) >= 11 is 0. The van der Waals surface area contributed by atoms with E-state index in [9.17, 15) is 4.79 Å². The van der Waals surface area contributed by atoms with E-state index < -0.39 is 0 Å². The number of methoxy groups -OCH3 is 1. The average molecular weight is 479 g/mol. The Hall–Kier alpha value is -3.29. The minimum absolute atomic E-state index is 0.117. The molecule has 0 aliphatic carbocycles. The molecule has 0 spiro atoms. The lowest BCUT2D eigenvalue weighted by atomic mass is 9.96. The summed E-state index contributed by atoms with van der Waals surface area (Å²) in [7, 11) is 1.66. The number of para-hydroxylation sites is 1. The van der Waals surface area contributed by atoms with Gasteiger partial charge >= 0.3 is 0 Å². The Kier molecular flexibility index (Phi) is 8.10. The third kappa shape index (κ3) is 5.52. The number of carbonyl (C=O) groups is 1. The van der Waals surface area contributed by atoms with Crippen molar-refractivity contribution in [1.29, 1.82) is 0 Å². The van der Waals surface area contributed by atoms with Crippen molar-refractivity contribution < 1.29 is 23.4 Å². The summed E-state index contributed by atoms with van der Waals surface area (Å²) in [5.74, 6) is 1.39. The topological polar surface area (TPSA) is 73.2 Å². The fourth-order valence-electron chi connectivity index (χ4n) is 4.50. The standard InChI is InChI=1S/C28H34N2O5/c1-5-34-27-20(3)28-23(24(18-35-28)21-8-6-7-9-25(21)32-4)17-22(27)19(2)16-26(31)29-10-11-30-12-14-33-15-13-30/h6-9,16-18H,5,10-15H2,1-4H3,(H,29,31)/b19-16+. The van der Waals surface area contributed by atoms with Crippen molar-refractivity contribution in [2.75, 3.05) is 53.1 Å². The van der Waals surface area contributed by atoms with Gasteiger partial charge in [-0.2, -0.15) is 0 Å². The van der Waals surface area contributed by atoms with Crippen molar-refractivity contribution in [2.24, 2.45) is 0 Å². The predicted octanol–water partition coefficient (Wildman–Crippen LogP) is 4.67. The molecular formula is C28H34N2O5. The molecule has 1 fully saturated rings. The second kappa shape index (κ2) is 11.4. The molecule has 0 atom stereocenters. The van der Waals surface area contributed by atoms with Gasteiger partial charge in [-0.05, 0) is 38.5 Å². The number of amides is 1. The number of morpholine rings is 1. The molecule has 3 aromatic rings. The molecule has 7 heteroatoms. The minimum atomic E-state index is -0.117. The number of benzene rings is 2. The van der Waals surface area contributed by atoms with Crippen LogP contribution in [0.25, 0.3) is 27.7 Å². The SMILES string of the molecule is CCOc1c(/C(C)=C/C(=O)NCCN2CCOCC2)cc2c(-c3ccccc3OC)coc2c1C. The molecule has 1 saturated heterocycles. The molecule has 1 aliphatic rings. The molecule has 7 nitrogen and oxygen atoms in total. The van der Waals surface area contributed by atoms with Crippen molar-refractivity contribution in [1.82, 2.24) is 10.2 Å². The van der Waals surface area contributed by atoms with Gasteiger partial charge in [-0.1, -0.05) is 18.2 Å². The van der Waals surface area contributed by atoms with Crippen LogP contribution in [0.2, 0.25) is 0 Å². The number of hydrogen-bond acceptors (Lipinski definition) is 6. The minimum Gasteiger partial charge on any atom is -0.496 e. The van der Waals surface area contributed by atoms with Gasteiger partial charge in [0.25, 0.3) is 0 Å². The van der Waals surface area contributed by atoms with Crippen molar-refractivity contribution >= 4 is 22.4 Å². The number of allylic oxidation sites excluding steroid dienone is 1. The number of nitrogens with zero attached hydrogens (tertiary/aromatic N) is 1. The van der Waals surface area contributed by atoms with Crippen LogP contribution >= 0.6 is 0 Å². The van der Waals surface area contributed by atoms with Gasteiger partial charge in [-0.15, -0.1) is 0 Å². The Balaban J connectivity index is 1.64. The van der Waals surface area contributed by atoms with Crippen LogP contribution in [0, 0.1) is 6.92 Å².